The number of nitrogens with zero attached hydrogens (tertiary/aromatic N) is 1. The number of ether oxygens (including phenoxy) is 1. The van der Waals surface area contributed by atoms with Crippen LogP contribution in [0.3, 0.4) is 0 Å². The predicted molar refractivity (Wildman–Crippen MR) is 137 cm³/mol. The van der Waals surface area contributed by atoms with Gasteiger partial charge in [0.15, 0.2) is 0 Å². The van der Waals surface area contributed by atoms with Gasteiger partial charge in [-0.25, -0.2) is 4.79 Å². The molecule has 0 saturated carbocycles. The smallest absolute Gasteiger partial charge is 0.335 e. The summed E-state index contributed by atoms with van der Waals surface area (Å²) in [5, 5.41) is 0.708. The van der Waals surface area contributed by atoms with E-state index >= 15 is 0 Å². The molecule has 4 rings (SSSR count). The van der Waals surface area contributed by atoms with Crippen LogP contribution in [0.15, 0.2) is 116 Å². The summed E-state index contributed by atoms with van der Waals surface area (Å²) >= 11 is 6.10. The second-order valence-electron chi connectivity index (χ2n) is 7.27. The van der Waals surface area contributed by atoms with Crippen LogP contribution in [-0.4, -0.2) is 5.97 Å². The number of hydrogen-bond donors (Lipinski definition) is 0. The number of halogens is 1. The van der Waals surface area contributed by atoms with Gasteiger partial charge in [-0.05, 0) is 71.8 Å². The molecule has 4 aromatic carbocycles. The lowest BCUT2D eigenvalue weighted by Gasteiger charge is -2.25. The molecule has 0 N–H and O–H groups in total. The Labute approximate surface area is 198 Å². The molecule has 0 unspecified atom stereocenters. The van der Waals surface area contributed by atoms with Crippen molar-refractivity contribution in [3.8, 4) is 5.75 Å². The minimum atomic E-state index is -0.471. The van der Waals surface area contributed by atoms with Crippen LogP contribution < -0.4 is 9.64 Å². The summed E-state index contributed by atoms with van der Waals surface area (Å²) in [6.07, 6.45) is 5.20. The highest BCUT2D eigenvalue weighted by atomic mass is 35.5. The maximum absolute atomic E-state index is 11.3. The molecular formula is C29H22ClNO2. The zero-order valence-electron chi connectivity index (χ0n) is 17.9. The van der Waals surface area contributed by atoms with Crippen molar-refractivity contribution in [3.63, 3.8) is 0 Å². The zero-order valence-corrected chi connectivity index (χ0v) is 18.7. The van der Waals surface area contributed by atoms with Gasteiger partial charge in [0.05, 0.1) is 0 Å². The third kappa shape index (κ3) is 5.79. The van der Waals surface area contributed by atoms with E-state index in [1.54, 1.807) is 12.1 Å². The van der Waals surface area contributed by atoms with Crippen molar-refractivity contribution in [2.75, 3.05) is 4.90 Å². The summed E-state index contributed by atoms with van der Waals surface area (Å²) in [5.41, 5.74) is 5.23. The van der Waals surface area contributed by atoms with Crippen molar-refractivity contribution in [1.29, 1.82) is 0 Å². The van der Waals surface area contributed by atoms with Crippen LogP contribution in [0.5, 0.6) is 5.75 Å². The number of carbonyl (C=O) groups excluding carboxylic acids is 1. The number of rotatable bonds is 7. The molecule has 4 aromatic rings. The fourth-order valence-corrected chi connectivity index (χ4v) is 3.47. The summed E-state index contributed by atoms with van der Waals surface area (Å²) in [5.74, 6) is 0.0196. The molecule has 0 radical (unpaired) electrons. The first-order valence-corrected chi connectivity index (χ1v) is 10.8. The Balaban J connectivity index is 1.54. The second-order valence-corrected chi connectivity index (χ2v) is 7.70. The van der Waals surface area contributed by atoms with Gasteiger partial charge >= 0.3 is 5.97 Å². The molecule has 4 heteroatoms. The highest BCUT2D eigenvalue weighted by Crippen LogP contribution is 2.35. The van der Waals surface area contributed by atoms with E-state index < -0.39 is 5.97 Å². The van der Waals surface area contributed by atoms with Gasteiger partial charge < -0.3 is 9.64 Å². The summed E-state index contributed by atoms with van der Waals surface area (Å²) in [6, 6.07) is 33.7. The minimum Gasteiger partial charge on any atom is -0.423 e. The molecule has 33 heavy (non-hydrogen) atoms. The molecule has 0 saturated heterocycles. The average molecular weight is 452 g/mol. The van der Waals surface area contributed by atoms with Crippen molar-refractivity contribution < 1.29 is 9.53 Å². The lowest BCUT2D eigenvalue weighted by atomic mass is 10.1. The van der Waals surface area contributed by atoms with E-state index in [1.807, 2.05) is 66.7 Å². The maximum atomic E-state index is 11.3. The van der Waals surface area contributed by atoms with E-state index in [-0.39, 0.29) is 0 Å². The van der Waals surface area contributed by atoms with E-state index in [9.17, 15) is 4.79 Å². The maximum Gasteiger partial charge on any atom is 0.335 e. The van der Waals surface area contributed by atoms with Crippen LogP contribution in [0.1, 0.15) is 11.1 Å². The first-order chi connectivity index (χ1) is 16.1. The standard InChI is InChI=1S/C29H22ClNO2/c1-2-29(32)33-28-20-12-23(13-21-28)9-8-22-10-16-26(17-11-22)31(25-6-4-3-5-7-25)27-18-14-24(30)15-19-27/h2-21H,1H2. The molecule has 3 nitrogen and oxygen atoms in total. The van der Waals surface area contributed by atoms with Gasteiger partial charge in [0.25, 0.3) is 0 Å². The summed E-state index contributed by atoms with van der Waals surface area (Å²) in [4.78, 5) is 13.5. The largest absolute Gasteiger partial charge is 0.423 e. The third-order valence-corrected chi connectivity index (χ3v) is 5.24. The lowest BCUT2D eigenvalue weighted by molar-refractivity contribution is -0.128. The first kappa shape index (κ1) is 22.1. The fourth-order valence-electron chi connectivity index (χ4n) is 3.35. The molecule has 0 aromatic heterocycles. The molecule has 0 aliphatic carbocycles. The molecule has 0 amide bonds. The second kappa shape index (κ2) is 10.5. The van der Waals surface area contributed by atoms with E-state index in [0.717, 1.165) is 34.3 Å². The quantitative estimate of drug-likeness (QED) is 0.123. The first-order valence-electron chi connectivity index (χ1n) is 10.5. The number of hydrogen-bond acceptors (Lipinski definition) is 3. The van der Waals surface area contributed by atoms with Gasteiger partial charge in [-0.15, -0.1) is 0 Å². The fraction of sp³-hybridized carbons (Fsp3) is 0. The monoisotopic (exact) mass is 451 g/mol. The third-order valence-electron chi connectivity index (χ3n) is 4.98. The Kier molecular flexibility index (Phi) is 7.03. The summed E-state index contributed by atoms with van der Waals surface area (Å²) < 4.78 is 5.10. The van der Waals surface area contributed by atoms with E-state index in [2.05, 4.69) is 47.9 Å². The van der Waals surface area contributed by atoms with Gasteiger partial charge in [0.2, 0.25) is 0 Å². The molecule has 0 fully saturated rings. The number of anilines is 3. The molecule has 0 aliphatic rings. The number of para-hydroxylation sites is 1. The van der Waals surface area contributed by atoms with Gasteiger partial charge in [0.1, 0.15) is 5.75 Å². The Morgan fingerprint density at radius 2 is 1.18 bits per heavy atom. The van der Waals surface area contributed by atoms with E-state index in [4.69, 9.17) is 16.3 Å². The van der Waals surface area contributed by atoms with Crippen molar-refractivity contribution in [2.45, 2.75) is 0 Å². The van der Waals surface area contributed by atoms with Crippen molar-refractivity contribution in [3.05, 3.63) is 132 Å². The van der Waals surface area contributed by atoms with Crippen molar-refractivity contribution >= 4 is 46.8 Å². The predicted octanol–water partition coefficient (Wildman–Crippen LogP) is 8.07. The van der Waals surface area contributed by atoms with Crippen LogP contribution in [0.2, 0.25) is 5.02 Å². The Bertz CT molecular complexity index is 1250. The van der Waals surface area contributed by atoms with Gasteiger partial charge in [-0.3, -0.25) is 0 Å². The lowest BCUT2D eigenvalue weighted by Crippen LogP contribution is -2.09. The van der Waals surface area contributed by atoms with E-state index in [0.29, 0.717) is 10.8 Å². The van der Waals surface area contributed by atoms with E-state index in [1.165, 1.54) is 0 Å². The Morgan fingerprint density at radius 3 is 1.73 bits per heavy atom. The normalized spacial score (nSPS) is 10.7. The van der Waals surface area contributed by atoms with Crippen LogP contribution >= 0.6 is 11.6 Å². The van der Waals surface area contributed by atoms with Gasteiger partial charge in [-0.2, -0.15) is 0 Å². The molecule has 0 atom stereocenters. The van der Waals surface area contributed by atoms with Gasteiger partial charge in [0, 0.05) is 28.2 Å². The number of benzene rings is 4. The molecule has 0 heterocycles. The van der Waals surface area contributed by atoms with Crippen LogP contribution in [0.4, 0.5) is 17.1 Å². The molecule has 0 aliphatic heterocycles. The highest BCUT2D eigenvalue weighted by Gasteiger charge is 2.11. The molecule has 0 bridgehead atoms. The van der Waals surface area contributed by atoms with Crippen molar-refractivity contribution in [2.24, 2.45) is 0 Å². The number of carbonyl (C=O) groups is 1. The SMILES string of the molecule is C=CC(=O)Oc1ccc(C=Cc2ccc(N(c3ccccc3)c3ccc(Cl)cc3)cc2)cc1. The van der Waals surface area contributed by atoms with Crippen LogP contribution in [-0.2, 0) is 4.79 Å². The van der Waals surface area contributed by atoms with Crippen LogP contribution in [0, 0.1) is 0 Å². The minimum absolute atomic E-state index is 0.471. The molecular weight excluding hydrogens is 430 g/mol. The van der Waals surface area contributed by atoms with Crippen molar-refractivity contribution in [1.82, 2.24) is 0 Å². The van der Waals surface area contributed by atoms with Gasteiger partial charge in [-0.1, -0.05) is 72.8 Å². The molecule has 162 valence electrons. The van der Waals surface area contributed by atoms with Crippen LogP contribution in [0.25, 0.3) is 12.2 Å². The Morgan fingerprint density at radius 1 is 0.697 bits per heavy atom. The summed E-state index contributed by atoms with van der Waals surface area (Å²) in [6.45, 7) is 3.40. The Hall–Kier alpha value is -4.08. The zero-order chi connectivity index (χ0) is 23.0. The average Bonchev–Trinajstić information content (AvgIpc) is 2.86. The molecule has 0 spiro atoms. The summed E-state index contributed by atoms with van der Waals surface area (Å²) in [7, 11) is 0. The highest BCUT2D eigenvalue weighted by molar-refractivity contribution is 6.30. The number of esters is 1. The topological polar surface area (TPSA) is 29.5 Å².